The fourth-order valence-corrected chi connectivity index (χ4v) is 6.12. The molecule has 4 aromatic rings. The maximum absolute atomic E-state index is 14.0. The molecule has 2 heterocycles. The SMILES string of the molecule is CC(C)[C@H](NC(=O)OCc1ccccn1)C(=O)N[C@@H](Cc1ccccc1)C[C@H](OC=O)[C@H](Cc1ccccc1)NC(=O)[C@@H](NC(=O)OCc1ccccn1)C(C)C. The van der Waals surface area contributed by atoms with Gasteiger partial charge in [-0.1, -0.05) is 100 Å². The van der Waals surface area contributed by atoms with Crippen molar-refractivity contribution in [3.8, 4) is 0 Å². The van der Waals surface area contributed by atoms with Crippen molar-refractivity contribution in [2.75, 3.05) is 0 Å². The van der Waals surface area contributed by atoms with Crippen LogP contribution in [-0.4, -0.2) is 70.7 Å². The number of nitrogens with one attached hydrogen (secondary N) is 4. The van der Waals surface area contributed by atoms with E-state index in [9.17, 15) is 24.0 Å². The van der Waals surface area contributed by atoms with Crippen LogP contribution in [0.4, 0.5) is 9.59 Å². The molecule has 57 heavy (non-hydrogen) atoms. The number of aromatic nitrogens is 2. The van der Waals surface area contributed by atoms with Gasteiger partial charge in [-0.2, -0.15) is 0 Å². The zero-order chi connectivity index (χ0) is 41.0. The van der Waals surface area contributed by atoms with Crippen LogP contribution in [0.25, 0.3) is 0 Å². The van der Waals surface area contributed by atoms with Crippen molar-refractivity contribution in [1.29, 1.82) is 0 Å². The van der Waals surface area contributed by atoms with Crippen LogP contribution < -0.4 is 21.3 Å². The number of ether oxygens (including phenoxy) is 3. The van der Waals surface area contributed by atoms with E-state index in [4.69, 9.17) is 14.2 Å². The van der Waals surface area contributed by atoms with Crippen LogP contribution in [0.2, 0.25) is 0 Å². The molecule has 0 aliphatic heterocycles. The number of nitrogens with zero attached hydrogens (tertiary/aromatic N) is 2. The van der Waals surface area contributed by atoms with E-state index in [0.717, 1.165) is 11.1 Å². The molecule has 4 amide bonds. The summed E-state index contributed by atoms with van der Waals surface area (Å²) in [5.74, 6) is -1.66. The summed E-state index contributed by atoms with van der Waals surface area (Å²) in [6.45, 7) is 7.33. The number of hydrogen-bond acceptors (Lipinski definition) is 10. The predicted octanol–water partition coefficient (Wildman–Crippen LogP) is 5.07. The first-order valence-corrected chi connectivity index (χ1v) is 19.0. The van der Waals surface area contributed by atoms with Gasteiger partial charge in [-0.25, -0.2) is 9.59 Å². The Bertz CT molecular complexity index is 1830. The average molecular weight is 781 g/mol. The summed E-state index contributed by atoms with van der Waals surface area (Å²) < 4.78 is 16.4. The lowest BCUT2D eigenvalue weighted by molar-refractivity contribution is -0.138. The van der Waals surface area contributed by atoms with E-state index < -0.39 is 54.3 Å². The summed E-state index contributed by atoms with van der Waals surface area (Å²) in [6.07, 6.45) is 1.33. The van der Waals surface area contributed by atoms with Gasteiger partial charge in [0.1, 0.15) is 31.4 Å². The first kappa shape index (κ1) is 43.4. The Morgan fingerprint density at radius 1 is 0.596 bits per heavy atom. The minimum absolute atomic E-state index is 0.0749. The second-order valence-electron chi connectivity index (χ2n) is 14.2. The van der Waals surface area contributed by atoms with Crippen molar-refractivity contribution >= 4 is 30.5 Å². The highest BCUT2D eigenvalue weighted by molar-refractivity contribution is 5.87. The van der Waals surface area contributed by atoms with Gasteiger partial charge < -0.3 is 35.5 Å². The quantitative estimate of drug-likeness (QED) is 0.0658. The summed E-state index contributed by atoms with van der Waals surface area (Å²) in [7, 11) is 0. The second kappa shape index (κ2) is 22.9. The molecular weight excluding hydrogens is 729 g/mol. The minimum Gasteiger partial charge on any atom is -0.462 e. The fraction of sp³-hybridized carbons (Fsp3) is 0.372. The third-order valence-electron chi connectivity index (χ3n) is 9.09. The number of carbonyl (C=O) groups excluding carboxylic acids is 5. The molecule has 2 aromatic carbocycles. The Balaban J connectivity index is 1.55. The van der Waals surface area contributed by atoms with E-state index in [1.54, 1.807) is 76.5 Å². The highest BCUT2D eigenvalue weighted by atomic mass is 16.6. The Hall–Kier alpha value is -6.31. The molecule has 0 radical (unpaired) electrons. The van der Waals surface area contributed by atoms with Crippen LogP contribution in [0.5, 0.6) is 0 Å². The van der Waals surface area contributed by atoms with Crippen molar-refractivity contribution in [2.45, 2.75) is 90.4 Å². The zero-order valence-corrected chi connectivity index (χ0v) is 32.7. The lowest BCUT2D eigenvalue weighted by Crippen LogP contribution is -2.57. The lowest BCUT2D eigenvalue weighted by atomic mass is 9.92. The van der Waals surface area contributed by atoms with Gasteiger partial charge in [0.15, 0.2) is 0 Å². The maximum Gasteiger partial charge on any atom is 0.408 e. The molecule has 0 unspecified atom stereocenters. The molecule has 4 rings (SSSR count). The summed E-state index contributed by atoms with van der Waals surface area (Å²) in [6, 6.07) is 25.9. The smallest absolute Gasteiger partial charge is 0.408 e. The van der Waals surface area contributed by atoms with Crippen LogP contribution >= 0.6 is 0 Å². The van der Waals surface area contributed by atoms with Gasteiger partial charge in [-0.3, -0.25) is 24.4 Å². The molecular formula is C43H52N6O8. The van der Waals surface area contributed by atoms with Crippen LogP contribution in [0, 0.1) is 11.8 Å². The highest BCUT2D eigenvalue weighted by Gasteiger charge is 2.34. The molecule has 0 saturated carbocycles. The van der Waals surface area contributed by atoms with Crippen molar-refractivity contribution in [3.05, 3.63) is 132 Å². The van der Waals surface area contributed by atoms with Crippen LogP contribution in [0.3, 0.4) is 0 Å². The first-order valence-electron chi connectivity index (χ1n) is 19.0. The topological polar surface area (TPSA) is 187 Å². The monoisotopic (exact) mass is 780 g/mol. The molecule has 0 fully saturated rings. The number of amides is 4. The van der Waals surface area contributed by atoms with Crippen molar-refractivity contribution in [2.24, 2.45) is 11.8 Å². The second-order valence-corrected chi connectivity index (χ2v) is 14.2. The molecule has 0 aliphatic carbocycles. The van der Waals surface area contributed by atoms with Gasteiger partial charge in [0.25, 0.3) is 6.47 Å². The minimum atomic E-state index is -1.01. The molecule has 14 nitrogen and oxygen atoms in total. The molecule has 14 heteroatoms. The normalized spacial score (nSPS) is 13.6. The number of benzene rings is 2. The zero-order valence-electron chi connectivity index (χ0n) is 32.7. The lowest BCUT2D eigenvalue weighted by Gasteiger charge is -2.33. The fourth-order valence-electron chi connectivity index (χ4n) is 6.12. The van der Waals surface area contributed by atoms with E-state index in [1.807, 2.05) is 60.7 Å². The number of pyridine rings is 2. The number of alkyl carbamates (subject to hydrolysis) is 2. The number of rotatable bonds is 21. The average Bonchev–Trinajstić information content (AvgIpc) is 3.21. The maximum atomic E-state index is 14.0. The Kier molecular flexibility index (Phi) is 17.5. The van der Waals surface area contributed by atoms with Gasteiger partial charge >= 0.3 is 12.2 Å². The van der Waals surface area contributed by atoms with Gasteiger partial charge in [-0.15, -0.1) is 0 Å². The molecule has 0 bridgehead atoms. The van der Waals surface area contributed by atoms with E-state index >= 15 is 0 Å². The third-order valence-corrected chi connectivity index (χ3v) is 9.09. The van der Waals surface area contributed by atoms with E-state index in [-0.39, 0.29) is 37.9 Å². The van der Waals surface area contributed by atoms with Crippen molar-refractivity contribution in [1.82, 2.24) is 31.2 Å². The molecule has 4 N–H and O–H groups in total. The third kappa shape index (κ3) is 15.0. The van der Waals surface area contributed by atoms with Gasteiger partial charge in [0, 0.05) is 24.9 Å². The molecule has 5 atom stereocenters. The summed E-state index contributed by atoms with van der Waals surface area (Å²) in [5, 5.41) is 11.4. The predicted molar refractivity (Wildman–Crippen MR) is 212 cm³/mol. The molecule has 0 saturated heterocycles. The summed E-state index contributed by atoms with van der Waals surface area (Å²) >= 11 is 0. The largest absolute Gasteiger partial charge is 0.462 e. The Morgan fingerprint density at radius 3 is 1.49 bits per heavy atom. The molecule has 0 spiro atoms. The van der Waals surface area contributed by atoms with E-state index in [0.29, 0.717) is 24.3 Å². The molecule has 2 aromatic heterocycles. The highest BCUT2D eigenvalue weighted by Crippen LogP contribution is 2.18. The van der Waals surface area contributed by atoms with Crippen molar-refractivity contribution in [3.63, 3.8) is 0 Å². The van der Waals surface area contributed by atoms with E-state index in [1.165, 1.54) is 0 Å². The summed E-state index contributed by atoms with van der Waals surface area (Å²) in [5.41, 5.74) is 2.84. The number of carbonyl (C=O) groups is 5. The van der Waals surface area contributed by atoms with E-state index in [2.05, 4.69) is 31.2 Å². The van der Waals surface area contributed by atoms with Crippen LogP contribution in [-0.2, 0) is 54.6 Å². The number of hydrogen-bond donors (Lipinski definition) is 4. The Morgan fingerprint density at radius 2 is 1.05 bits per heavy atom. The van der Waals surface area contributed by atoms with Gasteiger partial charge in [-0.05, 0) is 60.1 Å². The molecule has 302 valence electrons. The van der Waals surface area contributed by atoms with Gasteiger partial charge in [0.05, 0.1) is 17.4 Å². The van der Waals surface area contributed by atoms with Gasteiger partial charge in [0.2, 0.25) is 11.8 Å². The first-order chi connectivity index (χ1) is 27.5. The van der Waals surface area contributed by atoms with Crippen LogP contribution in [0.15, 0.2) is 109 Å². The molecule has 0 aliphatic rings. The Labute approximate surface area is 333 Å². The van der Waals surface area contributed by atoms with Crippen molar-refractivity contribution < 1.29 is 38.2 Å². The summed E-state index contributed by atoms with van der Waals surface area (Å²) in [4.78, 5) is 74.1. The standard InChI is InChI=1S/C43H52N6O8/c1-29(2)38(48-42(53)55-26-33-19-11-13-21-44-33)40(51)46-35(23-31-15-7-5-8-16-31)25-37(57-28-50)36(24-32-17-9-6-10-18-32)47-41(52)39(30(3)4)49-43(54)56-27-34-20-12-14-22-45-34/h5-22,28-30,35-39H,23-27H2,1-4H3,(H,46,51)(H,47,52)(H,48,53)(H,49,54)/t35-,36-,37-,38-,39-/m0/s1. The van der Waals surface area contributed by atoms with Crippen LogP contribution in [0.1, 0.15) is 56.6 Å².